The number of nitrogens with two attached hydrogens (primary N) is 1. The van der Waals surface area contributed by atoms with Gasteiger partial charge in [0.05, 0.1) is 11.4 Å². The standard InChI is InChI=1S/C9H12ClN3O4S/c1-13(3-2-8(14)15)18(16,17)7-4-6(10)5-12-9(7)11/h4-5H,2-3H2,1H3,(H2,11,12)(H,14,15). The summed E-state index contributed by atoms with van der Waals surface area (Å²) in [7, 11) is -2.63. The minimum absolute atomic E-state index is 0.134. The van der Waals surface area contributed by atoms with Crippen LogP contribution in [0.1, 0.15) is 6.42 Å². The van der Waals surface area contributed by atoms with Crippen molar-refractivity contribution in [2.75, 3.05) is 19.3 Å². The van der Waals surface area contributed by atoms with E-state index in [1.165, 1.54) is 19.3 Å². The summed E-state index contributed by atoms with van der Waals surface area (Å²) in [5.41, 5.74) is 5.48. The number of hydrogen-bond acceptors (Lipinski definition) is 5. The van der Waals surface area contributed by atoms with E-state index in [4.69, 9.17) is 22.4 Å². The van der Waals surface area contributed by atoms with Crippen LogP contribution in [-0.2, 0) is 14.8 Å². The molecule has 1 aromatic heterocycles. The van der Waals surface area contributed by atoms with Gasteiger partial charge < -0.3 is 10.8 Å². The predicted molar refractivity (Wildman–Crippen MR) is 65.7 cm³/mol. The van der Waals surface area contributed by atoms with Gasteiger partial charge in [-0.3, -0.25) is 4.79 Å². The van der Waals surface area contributed by atoms with Crippen LogP contribution in [-0.4, -0.2) is 42.4 Å². The molecule has 0 atom stereocenters. The van der Waals surface area contributed by atoms with Crippen LogP contribution < -0.4 is 5.73 Å². The smallest absolute Gasteiger partial charge is 0.304 e. The fraction of sp³-hybridized carbons (Fsp3) is 0.333. The normalized spacial score (nSPS) is 11.7. The second-order valence-electron chi connectivity index (χ2n) is 3.51. The van der Waals surface area contributed by atoms with E-state index in [0.29, 0.717) is 0 Å². The van der Waals surface area contributed by atoms with Crippen LogP contribution in [0.2, 0.25) is 5.02 Å². The van der Waals surface area contributed by atoms with E-state index in [1.807, 2.05) is 0 Å². The molecular weight excluding hydrogens is 282 g/mol. The lowest BCUT2D eigenvalue weighted by Crippen LogP contribution is -2.30. The molecule has 1 heterocycles. The molecular formula is C9H12ClN3O4S. The van der Waals surface area contributed by atoms with Crippen molar-refractivity contribution in [3.8, 4) is 0 Å². The van der Waals surface area contributed by atoms with E-state index < -0.39 is 16.0 Å². The zero-order valence-electron chi connectivity index (χ0n) is 9.50. The second-order valence-corrected chi connectivity index (χ2v) is 5.96. The SMILES string of the molecule is CN(CCC(=O)O)S(=O)(=O)c1cc(Cl)cnc1N. The minimum atomic E-state index is -3.89. The molecule has 0 radical (unpaired) electrons. The van der Waals surface area contributed by atoms with Crippen LogP contribution in [0.3, 0.4) is 0 Å². The van der Waals surface area contributed by atoms with Crippen molar-refractivity contribution >= 4 is 33.4 Å². The fourth-order valence-electron chi connectivity index (χ4n) is 1.18. The quantitative estimate of drug-likeness (QED) is 0.813. The van der Waals surface area contributed by atoms with Gasteiger partial charge in [0.25, 0.3) is 0 Å². The number of carbonyl (C=O) groups is 1. The number of rotatable bonds is 5. The van der Waals surface area contributed by atoms with Crippen molar-refractivity contribution in [2.24, 2.45) is 0 Å². The van der Waals surface area contributed by atoms with Gasteiger partial charge in [-0.2, -0.15) is 0 Å². The monoisotopic (exact) mass is 293 g/mol. The van der Waals surface area contributed by atoms with E-state index >= 15 is 0 Å². The third kappa shape index (κ3) is 3.31. The Balaban J connectivity index is 3.05. The molecule has 0 fully saturated rings. The molecule has 9 heteroatoms. The highest BCUT2D eigenvalue weighted by molar-refractivity contribution is 7.89. The number of halogens is 1. The summed E-state index contributed by atoms with van der Waals surface area (Å²) in [6.45, 7) is -0.163. The number of pyridine rings is 1. The number of nitrogens with zero attached hydrogens (tertiary/aromatic N) is 2. The third-order valence-electron chi connectivity index (χ3n) is 2.18. The van der Waals surface area contributed by atoms with E-state index in [2.05, 4.69) is 4.98 Å². The Kier molecular flexibility index (Phi) is 4.49. The van der Waals surface area contributed by atoms with Gasteiger partial charge in [-0.05, 0) is 6.07 Å². The number of carboxylic acid groups (broad SMARTS) is 1. The number of nitrogen functional groups attached to an aromatic ring is 1. The molecule has 0 saturated heterocycles. The van der Waals surface area contributed by atoms with Crippen LogP contribution in [0.5, 0.6) is 0 Å². The van der Waals surface area contributed by atoms with Gasteiger partial charge in [0.15, 0.2) is 0 Å². The van der Waals surface area contributed by atoms with Crippen molar-refractivity contribution < 1.29 is 18.3 Å². The van der Waals surface area contributed by atoms with Gasteiger partial charge in [0.2, 0.25) is 10.0 Å². The first kappa shape index (κ1) is 14.7. The number of hydrogen-bond donors (Lipinski definition) is 2. The number of aromatic nitrogens is 1. The molecule has 0 saturated carbocycles. The highest BCUT2D eigenvalue weighted by Crippen LogP contribution is 2.22. The summed E-state index contributed by atoms with van der Waals surface area (Å²) in [6.07, 6.45) is 0.927. The Bertz CT molecular complexity index is 561. The van der Waals surface area contributed by atoms with Crippen LogP contribution in [0.25, 0.3) is 0 Å². The Labute approximate surface area is 109 Å². The van der Waals surface area contributed by atoms with Crippen molar-refractivity contribution in [3.63, 3.8) is 0 Å². The van der Waals surface area contributed by atoms with Gasteiger partial charge in [-0.1, -0.05) is 11.6 Å². The molecule has 0 unspecified atom stereocenters. The molecule has 100 valence electrons. The topological polar surface area (TPSA) is 114 Å². The highest BCUT2D eigenvalue weighted by atomic mass is 35.5. The Morgan fingerprint density at radius 2 is 2.22 bits per heavy atom. The first-order valence-electron chi connectivity index (χ1n) is 4.84. The molecule has 7 nitrogen and oxygen atoms in total. The van der Waals surface area contributed by atoms with E-state index in [1.54, 1.807) is 0 Å². The first-order chi connectivity index (χ1) is 8.25. The van der Waals surface area contributed by atoms with Crippen LogP contribution >= 0.6 is 11.6 Å². The van der Waals surface area contributed by atoms with Gasteiger partial charge in [-0.25, -0.2) is 17.7 Å². The summed E-state index contributed by atoms with van der Waals surface area (Å²) in [5.74, 6) is -1.27. The average Bonchev–Trinajstić information content (AvgIpc) is 2.28. The van der Waals surface area contributed by atoms with Crippen molar-refractivity contribution in [1.29, 1.82) is 0 Å². The molecule has 0 aromatic carbocycles. The van der Waals surface area contributed by atoms with Gasteiger partial charge in [-0.15, -0.1) is 0 Å². The molecule has 0 amide bonds. The molecule has 18 heavy (non-hydrogen) atoms. The third-order valence-corrected chi connectivity index (χ3v) is 4.27. The number of aliphatic carboxylic acids is 1. The van der Waals surface area contributed by atoms with Crippen molar-refractivity contribution in [2.45, 2.75) is 11.3 Å². The number of carboxylic acids is 1. The Morgan fingerprint density at radius 1 is 1.61 bits per heavy atom. The predicted octanol–water partition coefficient (Wildman–Crippen LogP) is 0.412. The molecule has 0 aliphatic carbocycles. The van der Waals surface area contributed by atoms with E-state index in [0.717, 1.165) is 4.31 Å². The van der Waals surface area contributed by atoms with Gasteiger partial charge in [0, 0.05) is 19.8 Å². The lowest BCUT2D eigenvalue weighted by molar-refractivity contribution is -0.137. The maximum absolute atomic E-state index is 12.1. The lowest BCUT2D eigenvalue weighted by atomic mass is 10.4. The van der Waals surface area contributed by atoms with Gasteiger partial charge >= 0.3 is 5.97 Å². The minimum Gasteiger partial charge on any atom is -0.481 e. The molecule has 0 bridgehead atoms. The maximum Gasteiger partial charge on any atom is 0.304 e. The summed E-state index contributed by atoms with van der Waals surface area (Å²) in [5, 5.41) is 8.65. The summed E-state index contributed by atoms with van der Waals surface area (Å²) in [4.78, 5) is 13.8. The van der Waals surface area contributed by atoms with Crippen molar-refractivity contribution in [1.82, 2.24) is 9.29 Å². The Hall–Kier alpha value is -1.38. The molecule has 0 aliphatic heterocycles. The van der Waals surface area contributed by atoms with E-state index in [-0.39, 0.29) is 28.7 Å². The zero-order valence-corrected chi connectivity index (χ0v) is 11.1. The average molecular weight is 294 g/mol. The molecule has 1 rings (SSSR count). The molecule has 0 spiro atoms. The molecule has 1 aromatic rings. The summed E-state index contributed by atoms with van der Waals surface area (Å²) < 4.78 is 25.0. The summed E-state index contributed by atoms with van der Waals surface area (Å²) >= 11 is 5.66. The highest BCUT2D eigenvalue weighted by Gasteiger charge is 2.24. The van der Waals surface area contributed by atoms with Crippen LogP contribution in [0.15, 0.2) is 17.2 Å². The number of sulfonamides is 1. The fourth-order valence-corrected chi connectivity index (χ4v) is 2.66. The second kappa shape index (κ2) is 5.51. The van der Waals surface area contributed by atoms with Crippen LogP contribution in [0.4, 0.5) is 5.82 Å². The largest absolute Gasteiger partial charge is 0.481 e. The van der Waals surface area contributed by atoms with Crippen molar-refractivity contribution in [3.05, 3.63) is 17.3 Å². The van der Waals surface area contributed by atoms with Crippen LogP contribution in [0, 0.1) is 0 Å². The lowest BCUT2D eigenvalue weighted by Gasteiger charge is -2.17. The summed E-state index contributed by atoms with van der Waals surface area (Å²) in [6, 6.07) is 1.18. The number of anilines is 1. The maximum atomic E-state index is 12.1. The first-order valence-corrected chi connectivity index (χ1v) is 6.66. The van der Waals surface area contributed by atoms with E-state index in [9.17, 15) is 13.2 Å². The van der Waals surface area contributed by atoms with Gasteiger partial charge in [0.1, 0.15) is 10.7 Å². The Morgan fingerprint density at radius 3 is 2.78 bits per heavy atom. The zero-order chi connectivity index (χ0) is 13.9. The molecule has 0 aliphatic rings. The molecule has 3 N–H and O–H groups in total.